The lowest BCUT2D eigenvalue weighted by atomic mass is 10.1. The van der Waals surface area contributed by atoms with Crippen LogP contribution in [-0.2, 0) is 0 Å². The van der Waals surface area contributed by atoms with E-state index < -0.39 is 0 Å². The summed E-state index contributed by atoms with van der Waals surface area (Å²) < 4.78 is 5.20. The number of methoxy groups -OCH3 is 1. The van der Waals surface area contributed by atoms with E-state index in [-0.39, 0.29) is 0 Å². The Balaban J connectivity index is 2.27. The van der Waals surface area contributed by atoms with E-state index in [1.165, 1.54) is 0 Å². The maximum atomic E-state index is 5.20. The molecular weight excluding hydrogens is 216 g/mol. The molecule has 1 aromatic rings. The molecule has 0 radical (unpaired) electrons. The third-order valence-electron chi connectivity index (χ3n) is 3.13. The number of nitrogens with zero attached hydrogens (tertiary/aromatic N) is 3. The van der Waals surface area contributed by atoms with Crippen LogP contribution in [0.3, 0.4) is 0 Å². The third kappa shape index (κ3) is 2.66. The molecule has 1 aliphatic heterocycles. The smallest absolute Gasteiger partial charge is 0.218 e. The van der Waals surface area contributed by atoms with Gasteiger partial charge < -0.3 is 15.0 Å². The Morgan fingerprint density at radius 2 is 2.35 bits per heavy atom. The van der Waals surface area contributed by atoms with Crippen LogP contribution in [-0.4, -0.2) is 42.8 Å². The molecule has 2 heterocycles. The summed E-state index contributed by atoms with van der Waals surface area (Å²) in [6.07, 6.45) is 1.11. The number of aromatic nitrogens is 2. The Morgan fingerprint density at radius 1 is 1.53 bits per heavy atom. The predicted octanol–water partition coefficient (Wildman–Crippen LogP) is 0.982. The van der Waals surface area contributed by atoms with Crippen molar-refractivity contribution in [2.45, 2.75) is 26.3 Å². The highest BCUT2D eigenvalue weighted by atomic mass is 16.5. The Morgan fingerprint density at radius 3 is 3.06 bits per heavy atom. The number of anilines is 1. The van der Waals surface area contributed by atoms with Gasteiger partial charge in [0, 0.05) is 31.7 Å². The minimum atomic E-state index is 0.503. The van der Waals surface area contributed by atoms with Crippen LogP contribution in [0.5, 0.6) is 5.88 Å². The molecule has 5 nitrogen and oxygen atoms in total. The summed E-state index contributed by atoms with van der Waals surface area (Å²) >= 11 is 0. The van der Waals surface area contributed by atoms with Gasteiger partial charge in [-0.25, -0.2) is 4.98 Å². The highest BCUT2D eigenvalue weighted by molar-refractivity contribution is 5.43. The topological polar surface area (TPSA) is 50.3 Å². The van der Waals surface area contributed by atoms with Crippen molar-refractivity contribution in [3.8, 4) is 5.88 Å². The van der Waals surface area contributed by atoms with Crippen molar-refractivity contribution in [3.63, 3.8) is 0 Å². The number of nitrogens with one attached hydrogen (secondary N) is 1. The summed E-state index contributed by atoms with van der Waals surface area (Å²) in [6.45, 7) is 7.10. The van der Waals surface area contributed by atoms with Gasteiger partial charge in [0.1, 0.15) is 11.6 Å². The average molecular weight is 236 g/mol. The molecule has 2 rings (SSSR count). The average Bonchev–Trinajstić information content (AvgIpc) is 2.37. The lowest BCUT2D eigenvalue weighted by molar-refractivity contribution is 0.394. The van der Waals surface area contributed by atoms with E-state index in [1.807, 2.05) is 13.0 Å². The van der Waals surface area contributed by atoms with E-state index in [0.717, 1.165) is 37.7 Å². The highest BCUT2D eigenvalue weighted by Crippen LogP contribution is 2.21. The molecule has 1 aromatic heterocycles. The van der Waals surface area contributed by atoms with E-state index in [1.54, 1.807) is 7.11 Å². The van der Waals surface area contributed by atoms with E-state index in [9.17, 15) is 0 Å². The summed E-state index contributed by atoms with van der Waals surface area (Å²) in [5.74, 6) is 2.37. The van der Waals surface area contributed by atoms with Crippen LogP contribution >= 0.6 is 0 Å². The van der Waals surface area contributed by atoms with Gasteiger partial charge in [0.25, 0.3) is 0 Å². The minimum absolute atomic E-state index is 0.503. The molecule has 0 aliphatic carbocycles. The van der Waals surface area contributed by atoms with Crippen molar-refractivity contribution >= 4 is 5.82 Å². The van der Waals surface area contributed by atoms with E-state index >= 15 is 0 Å². The van der Waals surface area contributed by atoms with Gasteiger partial charge in [-0.05, 0) is 13.3 Å². The fourth-order valence-corrected chi connectivity index (χ4v) is 2.20. The molecule has 17 heavy (non-hydrogen) atoms. The molecule has 0 amide bonds. The van der Waals surface area contributed by atoms with Crippen molar-refractivity contribution < 1.29 is 4.74 Å². The molecule has 5 heteroatoms. The zero-order chi connectivity index (χ0) is 12.3. The van der Waals surface area contributed by atoms with E-state index in [4.69, 9.17) is 4.74 Å². The summed E-state index contributed by atoms with van der Waals surface area (Å²) in [7, 11) is 1.64. The molecule has 0 bridgehead atoms. The summed E-state index contributed by atoms with van der Waals surface area (Å²) in [4.78, 5) is 11.1. The molecule has 1 aliphatic rings. The molecule has 94 valence electrons. The second-order valence-corrected chi connectivity index (χ2v) is 4.28. The van der Waals surface area contributed by atoms with Crippen molar-refractivity contribution in [2.24, 2.45) is 0 Å². The van der Waals surface area contributed by atoms with E-state index in [0.29, 0.717) is 11.9 Å². The van der Waals surface area contributed by atoms with Gasteiger partial charge in [0.2, 0.25) is 5.88 Å². The summed E-state index contributed by atoms with van der Waals surface area (Å²) in [5, 5.41) is 3.41. The summed E-state index contributed by atoms with van der Waals surface area (Å²) in [5.41, 5.74) is 0. The number of piperazine rings is 1. The van der Waals surface area contributed by atoms with Crippen molar-refractivity contribution in [3.05, 3.63) is 11.9 Å². The molecule has 1 unspecified atom stereocenters. The Kier molecular flexibility index (Phi) is 3.78. The first-order chi connectivity index (χ1) is 8.24. The molecular formula is C12H20N4O. The number of hydrogen-bond acceptors (Lipinski definition) is 5. The number of ether oxygens (including phenoxy) is 1. The van der Waals surface area contributed by atoms with Crippen LogP contribution in [0, 0.1) is 6.92 Å². The number of aryl methyl sites for hydroxylation is 1. The molecule has 0 spiro atoms. The molecule has 1 fully saturated rings. The first-order valence-electron chi connectivity index (χ1n) is 6.11. The molecule has 1 atom stereocenters. The second-order valence-electron chi connectivity index (χ2n) is 4.28. The zero-order valence-corrected chi connectivity index (χ0v) is 10.7. The lowest BCUT2D eigenvalue weighted by Crippen LogP contribution is -2.51. The predicted molar refractivity (Wildman–Crippen MR) is 67.6 cm³/mol. The molecule has 1 N–H and O–H groups in total. The fraction of sp³-hybridized carbons (Fsp3) is 0.667. The van der Waals surface area contributed by atoms with Crippen LogP contribution in [0.1, 0.15) is 19.2 Å². The normalized spacial score (nSPS) is 20.4. The second kappa shape index (κ2) is 5.31. The van der Waals surface area contributed by atoms with Crippen molar-refractivity contribution in [1.29, 1.82) is 0 Å². The van der Waals surface area contributed by atoms with Crippen molar-refractivity contribution in [2.75, 3.05) is 31.6 Å². The molecule has 1 saturated heterocycles. The van der Waals surface area contributed by atoms with Crippen LogP contribution in [0.15, 0.2) is 6.07 Å². The first kappa shape index (κ1) is 12.1. The number of hydrogen-bond donors (Lipinski definition) is 1. The Labute approximate surface area is 102 Å². The number of rotatable bonds is 3. The zero-order valence-electron chi connectivity index (χ0n) is 10.7. The maximum Gasteiger partial charge on any atom is 0.218 e. The van der Waals surface area contributed by atoms with Crippen LogP contribution in [0.2, 0.25) is 0 Å². The van der Waals surface area contributed by atoms with Gasteiger partial charge in [0.15, 0.2) is 0 Å². The first-order valence-corrected chi connectivity index (χ1v) is 6.11. The van der Waals surface area contributed by atoms with Gasteiger partial charge in [-0.1, -0.05) is 6.92 Å². The van der Waals surface area contributed by atoms with Crippen LogP contribution in [0.4, 0.5) is 5.82 Å². The van der Waals surface area contributed by atoms with E-state index in [2.05, 4.69) is 27.1 Å². The molecule has 0 saturated carbocycles. The quantitative estimate of drug-likeness (QED) is 0.848. The van der Waals surface area contributed by atoms with Crippen LogP contribution in [0.25, 0.3) is 0 Å². The SMILES string of the molecule is CCC1CNCCN1c1cc(OC)nc(C)n1. The Hall–Kier alpha value is -1.36. The third-order valence-corrected chi connectivity index (χ3v) is 3.13. The fourth-order valence-electron chi connectivity index (χ4n) is 2.20. The highest BCUT2D eigenvalue weighted by Gasteiger charge is 2.22. The minimum Gasteiger partial charge on any atom is -0.481 e. The van der Waals surface area contributed by atoms with Gasteiger partial charge in [-0.2, -0.15) is 4.98 Å². The van der Waals surface area contributed by atoms with Gasteiger partial charge in [-0.15, -0.1) is 0 Å². The van der Waals surface area contributed by atoms with Gasteiger partial charge >= 0.3 is 0 Å². The van der Waals surface area contributed by atoms with Gasteiger partial charge in [-0.3, -0.25) is 0 Å². The standard InChI is InChI=1S/C12H20N4O/c1-4-10-8-13-5-6-16(10)11-7-12(17-3)15-9(2)14-11/h7,10,13H,4-6,8H2,1-3H3. The van der Waals surface area contributed by atoms with Gasteiger partial charge in [0.05, 0.1) is 7.11 Å². The molecule has 0 aromatic carbocycles. The maximum absolute atomic E-state index is 5.20. The summed E-state index contributed by atoms with van der Waals surface area (Å²) in [6, 6.07) is 2.42. The lowest BCUT2D eigenvalue weighted by Gasteiger charge is -2.36. The van der Waals surface area contributed by atoms with Crippen molar-refractivity contribution in [1.82, 2.24) is 15.3 Å². The monoisotopic (exact) mass is 236 g/mol. The van der Waals surface area contributed by atoms with Crippen LogP contribution < -0.4 is 15.0 Å². The largest absolute Gasteiger partial charge is 0.481 e. The Bertz CT molecular complexity index is 383.